The Bertz CT molecular complexity index is 1550. The molecular weight excluding hydrogens is 563 g/mol. The summed E-state index contributed by atoms with van der Waals surface area (Å²) in [5.41, 5.74) is 1.06. The van der Waals surface area contributed by atoms with Crippen LogP contribution in [0.3, 0.4) is 0 Å². The molecule has 0 fully saturated rings. The average Bonchev–Trinajstić information content (AvgIpc) is 3.41. The first-order valence-corrected chi connectivity index (χ1v) is 13.5. The van der Waals surface area contributed by atoms with Crippen LogP contribution < -0.4 is 14.8 Å². The van der Waals surface area contributed by atoms with Crippen molar-refractivity contribution in [2.24, 2.45) is 0 Å². The Balaban J connectivity index is 1.70. The molecule has 1 atom stereocenters. The molecule has 0 aliphatic carbocycles. The third-order valence-corrected chi connectivity index (χ3v) is 6.60. The van der Waals surface area contributed by atoms with Crippen LogP contribution in [0.4, 0.5) is 4.39 Å². The number of ether oxygens (including phenoxy) is 2. The van der Waals surface area contributed by atoms with Gasteiger partial charge in [0.15, 0.2) is 11.5 Å². The Hall–Kier alpha value is -4.51. The molecule has 1 N–H and O–H groups in total. The van der Waals surface area contributed by atoms with E-state index < -0.39 is 29.2 Å². The molecule has 42 heavy (non-hydrogen) atoms. The maximum absolute atomic E-state index is 14.0. The minimum absolute atomic E-state index is 0.00462. The van der Waals surface area contributed by atoms with E-state index in [0.29, 0.717) is 33.2 Å². The highest BCUT2D eigenvalue weighted by Gasteiger charge is 2.34. The Kier molecular flexibility index (Phi) is 9.41. The van der Waals surface area contributed by atoms with Gasteiger partial charge in [-0.2, -0.15) is 4.80 Å². The standard InChI is InChI=1S/C30H32ClFN6O4/c1-30(2,3)33-29(40)27(19-10-13-22(32)14-11-19)37(17-21-8-6-7-9-23(21)31)26(39)18-38-35-28(34-36-38)20-12-15-24(41-4)25(16-20)42-5/h6-16,27H,17-18H2,1-5H3,(H,33,40)/t27-/m0/s1. The van der Waals surface area contributed by atoms with Crippen LogP contribution in [0, 0.1) is 5.82 Å². The molecule has 0 unspecified atom stereocenters. The van der Waals surface area contributed by atoms with Gasteiger partial charge in [-0.1, -0.05) is 41.9 Å². The quantitative estimate of drug-likeness (QED) is 0.280. The molecule has 1 heterocycles. The number of hydrogen-bond acceptors (Lipinski definition) is 7. The van der Waals surface area contributed by atoms with E-state index in [0.717, 1.165) is 4.80 Å². The van der Waals surface area contributed by atoms with Crippen LogP contribution in [0.2, 0.25) is 5.02 Å². The summed E-state index contributed by atoms with van der Waals surface area (Å²) in [4.78, 5) is 30.2. The first-order chi connectivity index (χ1) is 20.0. The number of nitrogens with one attached hydrogen (secondary N) is 1. The van der Waals surface area contributed by atoms with Gasteiger partial charge in [0.1, 0.15) is 18.4 Å². The summed E-state index contributed by atoms with van der Waals surface area (Å²) in [5.74, 6) is -0.0921. The molecule has 0 spiro atoms. The fourth-order valence-corrected chi connectivity index (χ4v) is 4.50. The van der Waals surface area contributed by atoms with Crippen molar-refractivity contribution in [3.05, 3.63) is 88.7 Å². The van der Waals surface area contributed by atoms with E-state index in [1.165, 1.54) is 43.4 Å². The van der Waals surface area contributed by atoms with Gasteiger partial charge in [0, 0.05) is 22.7 Å². The lowest BCUT2D eigenvalue weighted by molar-refractivity contribution is -0.143. The number of amides is 2. The lowest BCUT2D eigenvalue weighted by Crippen LogP contribution is -2.49. The largest absolute Gasteiger partial charge is 0.493 e. The summed E-state index contributed by atoms with van der Waals surface area (Å²) < 4.78 is 24.5. The molecule has 220 valence electrons. The summed E-state index contributed by atoms with van der Waals surface area (Å²) in [5, 5.41) is 15.9. The molecule has 0 saturated heterocycles. The molecule has 4 aromatic rings. The number of aromatic nitrogens is 4. The van der Waals surface area contributed by atoms with Crippen molar-refractivity contribution in [1.82, 2.24) is 30.4 Å². The number of methoxy groups -OCH3 is 2. The van der Waals surface area contributed by atoms with Gasteiger partial charge in [-0.3, -0.25) is 9.59 Å². The fourth-order valence-electron chi connectivity index (χ4n) is 4.30. The van der Waals surface area contributed by atoms with E-state index in [2.05, 4.69) is 20.7 Å². The van der Waals surface area contributed by atoms with Crippen LogP contribution in [-0.4, -0.2) is 56.7 Å². The highest BCUT2D eigenvalue weighted by Crippen LogP contribution is 2.31. The molecule has 0 aliphatic rings. The van der Waals surface area contributed by atoms with Gasteiger partial charge in [-0.15, -0.1) is 10.2 Å². The second kappa shape index (κ2) is 13.0. The highest BCUT2D eigenvalue weighted by molar-refractivity contribution is 6.31. The summed E-state index contributed by atoms with van der Waals surface area (Å²) >= 11 is 6.46. The normalized spacial score (nSPS) is 12.0. The molecule has 4 rings (SSSR count). The van der Waals surface area contributed by atoms with Crippen LogP contribution in [-0.2, 0) is 22.7 Å². The van der Waals surface area contributed by atoms with Crippen molar-refractivity contribution in [3.63, 3.8) is 0 Å². The number of rotatable bonds is 10. The molecular formula is C30H32ClFN6O4. The van der Waals surface area contributed by atoms with Crippen LogP contribution in [0.5, 0.6) is 11.5 Å². The Labute approximate surface area is 248 Å². The SMILES string of the molecule is COc1ccc(-c2nnn(CC(=O)N(Cc3ccccc3Cl)[C@H](C(=O)NC(C)(C)C)c3ccc(F)cc3)n2)cc1OC. The summed E-state index contributed by atoms with van der Waals surface area (Å²) in [6, 6.07) is 16.6. The average molecular weight is 595 g/mol. The van der Waals surface area contributed by atoms with Gasteiger partial charge < -0.3 is 19.7 Å². The lowest BCUT2D eigenvalue weighted by Gasteiger charge is -2.34. The van der Waals surface area contributed by atoms with Crippen molar-refractivity contribution in [1.29, 1.82) is 0 Å². The van der Waals surface area contributed by atoms with Gasteiger partial charge >= 0.3 is 0 Å². The number of carbonyl (C=O) groups is 2. The molecule has 12 heteroatoms. The van der Waals surface area contributed by atoms with E-state index in [1.54, 1.807) is 42.5 Å². The van der Waals surface area contributed by atoms with E-state index in [4.69, 9.17) is 21.1 Å². The maximum atomic E-state index is 14.0. The van der Waals surface area contributed by atoms with Crippen molar-refractivity contribution in [2.45, 2.75) is 45.4 Å². The van der Waals surface area contributed by atoms with Crippen LogP contribution in [0.25, 0.3) is 11.4 Å². The van der Waals surface area contributed by atoms with Gasteiger partial charge in [0.25, 0.3) is 0 Å². The molecule has 2 amide bonds. The maximum Gasteiger partial charge on any atom is 0.247 e. The molecule has 0 bridgehead atoms. The minimum atomic E-state index is -1.11. The van der Waals surface area contributed by atoms with Gasteiger partial charge in [-0.25, -0.2) is 4.39 Å². The Morgan fingerprint density at radius 2 is 1.71 bits per heavy atom. The van der Waals surface area contributed by atoms with Crippen LogP contribution in [0.1, 0.15) is 37.9 Å². The zero-order chi connectivity index (χ0) is 30.4. The Morgan fingerprint density at radius 3 is 2.36 bits per heavy atom. The van der Waals surface area contributed by atoms with E-state index in [-0.39, 0.29) is 18.9 Å². The monoisotopic (exact) mass is 594 g/mol. The number of carbonyl (C=O) groups excluding carboxylic acids is 2. The summed E-state index contributed by atoms with van der Waals surface area (Å²) in [7, 11) is 3.05. The molecule has 3 aromatic carbocycles. The van der Waals surface area contributed by atoms with E-state index >= 15 is 0 Å². The summed E-state index contributed by atoms with van der Waals surface area (Å²) in [6.45, 7) is 5.17. The topological polar surface area (TPSA) is 111 Å². The van der Waals surface area contributed by atoms with E-state index in [1.807, 2.05) is 20.8 Å². The smallest absolute Gasteiger partial charge is 0.247 e. The number of halogens is 2. The second-order valence-corrected chi connectivity index (χ2v) is 10.9. The predicted molar refractivity (Wildman–Crippen MR) is 155 cm³/mol. The highest BCUT2D eigenvalue weighted by atomic mass is 35.5. The first kappa shape index (κ1) is 30.4. The zero-order valence-corrected chi connectivity index (χ0v) is 24.7. The van der Waals surface area contributed by atoms with E-state index in [9.17, 15) is 14.0 Å². The molecule has 10 nitrogen and oxygen atoms in total. The zero-order valence-electron chi connectivity index (χ0n) is 24.0. The fraction of sp³-hybridized carbons (Fsp3) is 0.300. The summed E-state index contributed by atoms with van der Waals surface area (Å²) in [6.07, 6.45) is 0. The van der Waals surface area contributed by atoms with Gasteiger partial charge in [-0.05, 0) is 73.5 Å². The van der Waals surface area contributed by atoms with Gasteiger partial charge in [0.2, 0.25) is 17.6 Å². The number of tetrazole rings is 1. The molecule has 0 radical (unpaired) electrons. The number of nitrogens with zero attached hydrogens (tertiary/aromatic N) is 5. The lowest BCUT2D eigenvalue weighted by atomic mass is 10.0. The third kappa shape index (κ3) is 7.41. The third-order valence-electron chi connectivity index (χ3n) is 6.23. The predicted octanol–water partition coefficient (Wildman–Crippen LogP) is 4.83. The number of benzene rings is 3. The molecule has 0 aliphatic heterocycles. The Morgan fingerprint density at radius 1 is 1.02 bits per heavy atom. The van der Waals surface area contributed by atoms with Crippen LogP contribution >= 0.6 is 11.6 Å². The van der Waals surface area contributed by atoms with Crippen molar-refractivity contribution >= 4 is 23.4 Å². The molecule has 0 saturated carbocycles. The number of hydrogen-bond donors (Lipinski definition) is 1. The van der Waals surface area contributed by atoms with Crippen molar-refractivity contribution in [2.75, 3.05) is 14.2 Å². The first-order valence-electron chi connectivity index (χ1n) is 13.1. The van der Waals surface area contributed by atoms with Gasteiger partial charge in [0.05, 0.1) is 14.2 Å². The molecule has 1 aromatic heterocycles. The van der Waals surface area contributed by atoms with Crippen LogP contribution in [0.15, 0.2) is 66.7 Å². The minimum Gasteiger partial charge on any atom is -0.493 e. The van der Waals surface area contributed by atoms with Crippen molar-refractivity contribution < 1.29 is 23.5 Å². The van der Waals surface area contributed by atoms with Crippen molar-refractivity contribution in [3.8, 4) is 22.9 Å². The second-order valence-electron chi connectivity index (χ2n) is 10.5.